The summed E-state index contributed by atoms with van der Waals surface area (Å²) in [6, 6.07) is 16.0. The van der Waals surface area contributed by atoms with Crippen LogP contribution in [0.15, 0.2) is 90.7 Å². The molecule has 3 aromatic rings. The van der Waals surface area contributed by atoms with Gasteiger partial charge in [-0.3, -0.25) is 19.1 Å². The van der Waals surface area contributed by atoms with Crippen molar-refractivity contribution in [3.63, 3.8) is 0 Å². The van der Waals surface area contributed by atoms with Gasteiger partial charge >= 0.3 is 0 Å². The Balaban J connectivity index is 0.973. The molecule has 13 heteroatoms. The lowest BCUT2D eigenvalue weighted by Gasteiger charge is -2.29. The molecule has 3 amide bonds. The molecule has 57 heavy (non-hydrogen) atoms. The Morgan fingerprint density at radius 2 is 1.88 bits per heavy atom. The number of pyridine rings is 1. The Labute approximate surface area is 335 Å². The van der Waals surface area contributed by atoms with Crippen LogP contribution < -0.4 is 25.2 Å². The largest absolute Gasteiger partial charge is 0.497 e. The number of carbonyl (C=O) groups excluding carboxylic acids is 3. The monoisotopic (exact) mass is 795 g/mol. The molecule has 7 rings (SSSR count). The van der Waals surface area contributed by atoms with E-state index in [-0.39, 0.29) is 30.7 Å². The molecule has 12 nitrogen and oxygen atoms in total. The van der Waals surface area contributed by atoms with Crippen LogP contribution in [0.25, 0.3) is 22.2 Å². The molecule has 2 saturated carbocycles. The summed E-state index contributed by atoms with van der Waals surface area (Å²) in [6.07, 6.45) is 17.4. The number of benzene rings is 2. The molecule has 0 radical (unpaired) electrons. The number of allylic oxidation sites excluding steroid dienone is 6. The zero-order chi connectivity index (χ0) is 40.2. The smallest absolute Gasteiger partial charge is 0.245 e. The van der Waals surface area contributed by atoms with Crippen molar-refractivity contribution in [1.82, 2.24) is 19.9 Å². The van der Waals surface area contributed by atoms with E-state index in [1.165, 1.54) is 0 Å². The Morgan fingerprint density at radius 3 is 2.60 bits per heavy atom. The summed E-state index contributed by atoms with van der Waals surface area (Å²) in [4.78, 5) is 46.3. The summed E-state index contributed by atoms with van der Waals surface area (Å²) in [5.74, 6) is -0.0993. The van der Waals surface area contributed by atoms with Gasteiger partial charge in [-0.2, -0.15) is 0 Å². The van der Waals surface area contributed by atoms with E-state index in [0.29, 0.717) is 42.7 Å². The molecule has 4 N–H and O–H groups in total. The van der Waals surface area contributed by atoms with Crippen molar-refractivity contribution in [2.45, 2.75) is 100 Å². The van der Waals surface area contributed by atoms with E-state index in [2.05, 4.69) is 22.2 Å². The fraction of sp³-hybridized carbons (Fsp3) is 0.455. The lowest BCUT2D eigenvalue weighted by atomic mass is 10.0. The number of nitrogens with zero attached hydrogens (tertiary/aromatic N) is 2. The first-order valence-corrected chi connectivity index (χ1v) is 21.6. The van der Waals surface area contributed by atoms with Crippen LogP contribution in [0, 0.1) is 11.8 Å². The third-order valence-corrected chi connectivity index (χ3v) is 13.8. The van der Waals surface area contributed by atoms with Gasteiger partial charge in [-0.25, -0.2) is 13.4 Å². The highest BCUT2D eigenvalue weighted by atomic mass is 32.2. The molecule has 1 aromatic heterocycles. The predicted molar refractivity (Wildman–Crippen MR) is 219 cm³/mol. The second-order valence-electron chi connectivity index (χ2n) is 16.0. The molecule has 1 unspecified atom stereocenters. The maximum Gasteiger partial charge on any atom is 0.245 e. The van der Waals surface area contributed by atoms with Crippen molar-refractivity contribution in [2.75, 3.05) is 13.7 Å². The molecular formula is C44H53N5O7S. The van der Waals surface area contributed by atoms with Crippen molar-refractivity contribution in [1.29, 1.82) is 0 Å². The Hall–Kier alpha value is -5.17. The van der Waals surface area contributed by atoms with Crippen LogP contribution in [0.4, 0.5) is 0 Å². The van der Waals surface area contributed by atoms with Crippen molar-refractivity contribution in [3.05, 3.63) is 90.7 Å². The quantitative estimate of drug-likeness (QED) is 0.102. The lowest BCUT2D eigenvalue weighted by molar-refractivity contribution is -0.139. The third kappa shape index (κ3) is 9.52. The van der Waals surface area contributed by atoms with E-state index in [1.54, 1.807) is 18.9 Å². The molecular weight excluding hydrogens is 743 g/mol. The molecule has 0 spiro atoms. The maximum atomic E-state index is 14.4. The molecule has 0 bridgehead atoms. The number of unbranched alkanes of at least 4 members (excludes halogenated alkanes) is 3. The number of hydrogen-bond donors (Lipinski definition) is 3. The standard InChI is InChI=1S/C44H53N5O7S/c1-44(22-23-44)57(53,54)48-42(51)35-24-30(35)16-8-4-3-5-13-19-36(46-31-17-11-7-12-18-31)43(52)49-28-33(26-39(49)41(45)50)56-40-27-37(29-14-9-6-10-15-29)47-38-25-32(55-2)20-21-34(38)40/h6-11,14-17,20-21,25,27,30,33,35-36,39,46H,3-5,12-13,18-19,22-24,26,28H2,1-2H3,(H2,45,50)(H,48,51)/b16-8-/t30-,33?,35+,36+,39+/m1/s1. The van der Waals surface area contributed by atoms with Crippen molar-refractivity contribution in [3.8, 4) is 22.8 Å². The third-order valence-electron chi connectivity index (χ3n) is 11.6. The van der Waals surface area contributed by atoms with E-state index in [9.17, 15) is 22.8 Å². The number of nitrogens with two attached hydrogens (primary N) is 1. The van der Waals surface area contributed by atoms with Gasteiger partial charge in [0.15, 0.2) is 0 Å². The number of fused-ring (bicyclic) bond motifs is 1. The topological polar surface area (TPSA) is 170 Å². The van der Waals surface area contributed by atoms with Gasteiger partial charge < -0.3 is 25.4 Å². The van der Waals surface area contributed by atoms with Crippen LogP contribution >= 0.6 is 0 Å². The first-order valence-electron chi connectivity index (χ1n) is 20.1. The first-order chi connectivity index (χ1) is 27.4. The number of nitrogens with one attached hydrogen (secondary N) is 2. The van der Waals surface area contributed by atoms with Gasteiger partial charge in [-0.15, -0.1) is 0 Å². The van der Waals surface area contributed by atoms with Crippen LogP contribution in [-0.2, 0) is 24.4 Å². The highest BCUT2D eigenvalue weighted by molar-refractivity contribution is 7.91. The SMILES string of the molecule is COc1ccc2c(OC3C[C@@H](C(N)=O)N(C(=O)[C@H](CCCCC/C=C\[C@@H]4C[C@@H]4C(=O)NS(=O)(=O)C4(C)CC4)NC4=CC=CCC4)C3)cc(-c3ccccc3)nc2c1. The van der Waals surface area contributed by atoms with Gasteiger partial charge in [-0.05, 0) is 82.4 Å². The number of rotatable bonds is 18. The van der Waals surface area contributed by atoms with Crippen LogP contribution in [0.1, 0.15) is 77.6 Å². The molecule has 3 aliphatic carbocycles. The second kappa shape index (κ2) is 17.1. The van der Waals surface area contributed by atoms with Gasteiger partial charge in [0.05, 0.1) is 29.6 Å². The normalized spacial score (nSPS) is 22.8. The fourth-order valence-electron chi connectivity index (χ4n) is 7.70. The number of methoxy groups -OCH3 is 1. The molecule has 302 valence electrons. The minimum Gasteiger partial charge on any atom is -0.497 e. The zero-order valence-electron chi connectivity index (χ0n) is 32.7. The number of amides is 3. The molecule has 2 heterocycles. The summed E-state index contributed by atoms with van der Waals surface area (Å²) in [6.45, 7) is 1.88. The van der Waals surface area contributed by atoms with E-state index < -0.39 is 44.8 Å². The lowest BCUT2D eigenvalue weighted by Crippen LogP contribution is -2.51. The number of aromatic nitrogens is 1. The summed E-state index contributed by atoms with van der Waals surface area (Å²) in [5.41, 5.74) is 9.29. The summed E-state index contributed by atoms with van der Waals surface area (Å²) < 4.78 is 38.5. The Bertz CT molecular complexity index is 2180. The van der Waals surface area contributed by atoms with Crippen LogP contribution in [0.3, 0.4) is 0 Å². The van der Waals surface area contributed by atoms with Gasteiger partial charge in [0.1, 0.15) is 29.7 Å². The van der Waals surface area contributed by atoms with Crippen LogP contribution in [0.2, 0.25) is 0 Å². The molecule has 1 aliphatic heterocycles. The average molecular weight is 796 g/mol. The number of likely N-dealkylation sites (tertiary alicyclic amines) is 1. The molecule has 2 aromatic carbocycles. The molecule has 5 atom stereocenters. The Morgan fingerprint density at radius 1 is 1.07 bits per heavy atom. The highest BCUT2D eigenvalue weighted by Gasteiger charge is 2.52. The zero-order valence-corrected chi connectivity index (χ0v) is 33.5. The Kier molecular flexibility index (Phi) is 12.0. The number of sulfonamides is 1. The number of carbonyl (C=O) groups is 3. The van der Waals surface area contributed by atoms with Gasteiger partial charge in [0, 0.05) is 41.1 Å². The van der Waals surface area contributed by atoms with Gasteiger partial charge in [0.2, 0.25) is 27.7 Å². The first kappa shape index (κ1) is 40.0. The van der Waals surface area contributed by atoms with Gasteiger partial charge in [0.25, 0.3) is 0 Å². The average Bonchev–Trinajstić information content (AvgIpc) is 4.13. The van der Waals surface area contributed by atoms with Crippen molar-refractivity contribution < 1.29 is 32.3 Å². The van der Waals surface area contributed by atoms with Crippen LogP contribution in [0.5, 0.6) is 11.5 Å². The number of ether oxygens (including phenoxy) is 2. The predicted octanol–water partition coefficient (Wildman–Crippen LogP) is 6.08. The van der Waals surface area contributed by atoms with Crippen molar-refractivity contribution >= 4 is 38.6 Å². The van der Waals surface area contributed by atoms with E-state index >= 15 is 0 Å². The van der Waals surface area contributed by atoms with Crippen LogP contribution in [-0.4, -0.2) is 72.6 Å². The van der Waals surface area contributed by atoms with E-state index in [0.717, 1.165) is 60.9 Å². The van der Waals surface area contributed by atoms with Crippen molar-refractivity contribution in [2.24, 2.45) is 17.6 Å². The number of primary amides is 1. The highest BCUT2D eigenvalue weighted by Crippen LogP contribution is 2.44. The second-order valence-corrected chi connectivity index (χ2v) is 18.2. The van der Waals surface area contributed by atoms with E-state index in [1.807, 2.05) is 72.8 Å². The van der Waals surface area contributed by atoms with Gasteiger partial charge in [-0.1, -0.05) is 67.5 Å². The summed E-state index contributed by atoms with van der Waals surface area (Å²) >= 11 is 0. The summed E-state index contributed by atoms with van der Waals surface area (Å²) in [7, 11) is -2.01. The minimum absolute atomic E-state index is 0.0643. The fourth-order valence-corrected chi connectivity index (χ4v) is 9.00. The molecule has 4 aliphatic rings. The molecule has 3 fully saturated rings. The minimum atomic E-state index is -3.62. The van der Waals surface area contributed by atoms with E-state index in [4.69, 9.17) is 20.2 Å². The summed E-state index contributed by atoms with van der Waals surface area (Å²) in [5, 5.41) is 4.29. The maximum absolute atomic E-state index is 14.4. The number of hydrogen-bond acceptors (Lipinski definition) is 9. The molecule has 1 saturated heterocycles.